The van der Waals surface area contributed by atoms with Gasteiger partial charge in [-0.3, -0.25) is 4.90 Å². The van der Waals surface area contributed by atoms with E-state index in [4.69, 9.17) is 10.5 Å². The summed E-state index contributed by atoms with van der Waals surface area (Å²) in [5.74, 6) is 0. The Labute approximate surface area is 104 Å². The zero-order valence-corrected chi connectivity index (χ0v) is 11.1. The van der Waals surface area contributed by atoms with Gasteiger partial charge in [-0.2, -0.15) is 0 Å². The lowest BCUT2D eigenvalue weighted by Gasteiger charge is -2.47. The van der Waals surface area contributed by atoms with Crippen LogP contribution in [0.1, 0.15) is 39.5 Å². The molecule has 100 valence electrons. The van der Waals surface area contributed by atoms with Crippen molar-refractivity contribution in [1.82, 2.24) is 4.90 Å². The zero-order valence-electron chi connectivity index (χ0n) is 11.1. The smallest absolute Gasteiger partial charge is 0.0674 e. The van der Waals surface area contributed by atoms with Crippen molar-refractivity contribution in [3.8, 4) is 0 Å². The van der Waals surface area contributed by atoms with Crippen LogP contribution in [0.4, 0.5) is 0 Å². The van der Waals surface area contributed by atoms with E-state index < -0.39 is 0 Å². The number of morpholine rings is 1. The Morgan fingerprint density at radius 2 is 2.24 bits per heavy atom. The Kier molecular flexibility index (Phi) is 4.08. The molecule has 0 bridgehead atoms. The summed E-state index contributed by atoms with van der Waals surface area (Å²) in [5, 5.41) is 9.42. The average molecular weight is 242 g/mol. The van der Waals surface area contributed by atoms with Gasteiger partial charge in [-0.1, -0.05) is 0 Å². The van der Waals surface area contributed by atoms with Crippen LogP contribution in [0, 0.1) is 0 Å². The van der Waals surface area contributed by atoms with Crippen LogP contribution in [0.15, 0.2) is 0 Å². The van der Waals surface area contributed by atoms with Gasteiger partial charge in [-0.15, -0.1) is 0 Å². The van der Waals surface area contributed by atoms with Gasteiger partial charge in [-0.25, -0.2) is 0 Å². The number of hydrogen-bond acceptors (Lipinski definition) is 4. The standard InChI is InChI=1S/C13H26N2O2/c1-10-8-17-11(2)7-15(10)12-4-3-5-13(14,6-12)9-16/h10-12,16H,3-9,14H2,1-2H3. The maximum Gasteiger partial charge on any atom is 0.0674 e. The fourth-order valence-electron chi connectivity index (χ4n) is 3.23. The molecule has 1 saturated heterocycles. The van der Waals surface area contributed by atoms with E-state index in [2.05, 4.69) is 18.7 Å². The number of nitrogens with two attached hydrogens (primary N) is 1. The summed E-state index contributed by atoms with van der Waals surface area (Å²) >= 11 is 0. The highest BCUT2D eigenvalue weighted by molar-refractivity contribution is 4.95. The topological polar surface area (TPSA) is 58.7 Å². The molecule has 0 aromatic rings. The monoisotopic (exact) mass is 242 g/mol. The summed E-state index contributed by atoms with van der Waals surface area (Å²) in [4.78, 5) is 2.53. The fraction of sp³-hybridized carbons (Fsp3) is 1.00. The van der Waals surface area contributed by atoms with Gasteiger partial charge in [0.25, 0.3) is 0 Å². The van der Waals surface area contributed by atoms with Gasteiger partial charge in [0.1, 0.15) is 0 Å². The number of nitrogens with zero attached hydrogens (tertiary/aromatic N) is 1. The molecule has 1 saturated carbocycles. The van der Waals surface area contributed by atoms with Crippen molar-refractivity contribution in [2.24, 2.45) is 5.73 Å². The van der Waals surface area contributed by atoms with E-state index in [1.165, 1.54) is 6.42 Å². The van der Waals surface area contributed by atoms with Crippen molar-refractivity contribution in [3.63, 3.8) is 0 Å². The summed E-state index contributed by atoms with van der Waals surface area (Å²) in [7, 11) is 0. The number of hydrogen-bond donors (Lipinski definition) is 2. The lowest BCUT2D eigenvalue weighted by atomic mass is 9.79. The molecular formula is C13H26N2O2. The highest BCUT2D eigenvalue weighted by Gasteiger charge is 2.38. The van der Waals surface area contributed by atoms with Crippen LogP contribution >= 0.6 is 0 Å². The highest BCUT2D eigenvalue weighted by atomic mass is 16.5. The molecule has 2 rings (SSSR count). The molecule has 0 spiro atoms. The molecule has 0 aromatic carbocycles. The summed E-state index contributed by atoms with van der Waals surface area (Å²) in [6.45, 7) is 6.26. The number of rotatable bonds is 2. The Morgan fingerprint density at radius 3 is 2.94 bits per heavy atom. The van der Waals surface area contributed by atoms with Crippen molar-refractivity contribution in [2.45, 2.75) is 63.3 Å². The molecule has 4 atom stereocenters. The van der Waals surface area contributed by atoms with E-state index in [1.54, 1.807) is 0 Å². The van der Waals surface area contributed by atoms with Crippen LogP contribution in [0.5, 0.6) is 0 Å². The molecule has 1 aliphatic carbocycles. The van der Waals surface area contributed by atoms with Crippen molar-refractivity contribution in [1.29, 1.82) is 0 Å². The van der Waals surface area contributed by atoms with Crippen LogP contribution in [0.25, 0.3) is 0 Å². The Balaban J connectivity index is 2.00. The molecule has 0 radical (unpaired) electrons. The second kappa shape index (κ2) is 5.22. The van der Waals surface area contributed by atoms with Crippen molar-refractivity contribution >= 4 is 0 Å². The third-order valence-corrected chi connectivity index (χ3v) is 4.29. The van der Waals surface area contributed by atoms with Crippen LogP contribution < -0.4 is 5.73 Å². The molecule has 4 heteroatoms. The van der Waals surface area contributed by atoms with Crippen molar-refractivity contribution in [2.75, 3.05) is 19.8 Å². The van der Waals surface area contributed by atoms with Crippen molar-refractivity contribution in [3.05, 3.63) is 0 Å². The largest absolute Gasteiger partial charge is 0.394 e. The van der Waals surface area contributed by atoms with Gasteiger partial charge in [-0.05, 0) is 39.5 Å². The minimum atomic E-state index is -0.357. The zero-order chi connectivity index (χ0) is 12.5. The van der Waals surface area contributed by atoms with Crippen LogP contribution in [0.2, 0.25) is 0 Å². The number of aliphatic hydroxyl groups excluding tert-OH is 1. The maximum absolute atomic E-state index is 9.42. The Morgan fingerprint density at radius 1 is 1.47 bits per heavy atom. The maximum atomic E-state index is 9.42. The molecule has 1 heterocycles. The summed E-state index contributed by atoms with van der Waals surface area (Å²) in [5.41, 5.74) is 5.87. The van der Waals surface area contributed by atoms with E-state index >= 15 is 0 Å². The number of aliphatic hydroxyl groups is 1. The van der Waals surface area contributed by atoms with Gasteiger partial charge in [0.2, 0.25) is 0 Å². The third-order valence-electron chi connectivity index (χ3n) is 4.29. The van der Waals surface area contributed by atoms with Gasteiger partial charge in [0, 0.05) is 24.2 Å². The SMILES string of the molecule is CC1CN(C2CCCC(N)(CO)C2)C(C)CO1. The van der Waals surface area contributed by atoms with E-state index in [9.17, 15) is 5.11 Å². The van der Waals surface area contributed by atoms with E-state index in [-0.39, 0.29) is 12.1 Å². The first-order chi connectivity index (χ1) is 8.04. The first-order valence-corrected chi connectivity index (χ1v) is 6.81. The lowest BCUT2D eigenvalue weighted by Crippen LogP contribution is -2.58. The Bertz CT molecular complexity index is 262. The highest BCUT2D eigenvalue weighted by Crippen LogP contribution is 2.31. The first kappa shape index (κ1) is 13.3. The minimum Gasteiger partial charge on any atom is -0.394 e. The molecule has 4 nitrogen and oxygen atoms in total. The fourth-order valence-corrected chi connectivity index (χ4v) is 3.23. The third kappa shape index (κ3) is 2.99. The molecule has 1 aliphatic heterocycles. The van der Waals surface area contributed by atoms with Gasteiger partial charge in [0.05, 0.1) is 19.3 Å². The quantitative estimate of drug-likeness (QED) is 0.749. The predicted octanol–water partition coefficient (Wildman–Crippen LogP) is 0.728. The second-order valence-electron chi connectivity index (χ2n) is 5.96. The molecular weight excluding hydrogens is 216 g/mol. The van der Waals surface area contributed by atoms with Crippen LogP contribution in [-0.4, -0.2) is 53.5 Å². The minimum absolute atomic E-state index is 0.109. The van der Waals surface area contributed by atoms with Gasteiger partial charge in [0.15, 0.2) is 0 Å². The van der Waals surface area contributed by atoms with Gasteiger partial charge >= 0.3 is 0 Å². The van der Waals surface area contributed by atoms with Crippen LogP contribution in [-0.2, 0) is 4.74 Å². The second-order valence-corrected chi connectivity index (χ2v) is 5.96. The molecule has 2 aliphatic rings. The summed E-state index contributed by atoms with van der Waals surface area (Å²) < 4.78 is 5.67. The average Bonchev–Trinajstić information content (AvgIpc) is 2.32. The normalized spacial score (nSPS) is 44.8. The summed E-state index contributed by atoms with van der Waals surface area (Å²) in [6.07, 6.45) is 4.51. The van der Waals surface area contributed by atoms with E-state index in [0.29, 0.717) is 18.2 Å². The molecule has 3 N–H and O–H groups in total. The molecule has 0 aromatic heterocycles. The predicted molar refractivity (Wildman–Crippen MR) is 67.8 cm³/mol. The molecule has 4 unspecified atom stereocenters. The number of ether oxygens (including phenoxy) is 1. The Hall–Kier alpha value is -0.160. The first-order valence-electron chi connectivity index (χ1n) is 6.81. The van der Waals surface area contributed by atoms with E-state index in [1.807, 2.05) is 0 Å². The van der Waals surface area contributed by atoms with Crippen molar-refractivity contribution < 1.29 is 9.84 Å². The van der Waals surface area contributed by atoms with Crippen LogP contribution in [0.3, 0.4) is 0 Å². The molecule has 2 fully saturated rings. The van der Waals surface area contributed by atoms with E-state index in [0.717, 1.165) is 32.4 Å². The summed E-state index contributed by atoms with van der Waals surface area (Å²) in [6, 6.07) is 0.986. The van der Waals surface area contributed by atoms with Gasteiger partial charge < -0.3 is 15.6 Å². The lowest BCUT2D eigenvalue weighted by molar-refractivity contribution is -0.0771. The molecule has 0 amide bonds. The molecule has 17 heavy (non-hydrogen) atoms.